The Kier molecular flexibility index (Phi) is 10.9. The monoisotopic (exact) mass is 549 g/mol. The van der Waals surface area contributed by atoms with Gasteiger partial charge >= 0.3 is 5.97 Å². The number of allylic oxidation sites excluding steroid dienone is 4. The second kappa shape index (κ2) is 14.1. The van der Waals surface area contributed by atoms with Gasteiger partial charge in [0.15, 0.2) is 6.04 Å². The summed E-state index contributed by atoms with van der Waals surface area (Å²) in [5, 5.41) is 9.93. The van der Waals surface area contributed by atoms with Crippen LogP contribution in [0.25, 0.3) is 6.08 Å². The molecule has 0 radical (unpaired) electrons. The molecule has 3 N–H and O–H groups in total. The summed E-state index contributed by atoms with van der Waals surface area (Å²) < 4.78 is 11.8. The molecular formula is C32H43N3O5. The van der Waals surface area contributed by atoms with E-state index in [2.05, 4.69) is 11.1 Å². The van der Waals surface area contributed by atoms with E-state index in [1.807, 2.05) is 52.8 Å². The van der Waals surface area contributed by atoms with Crippen molar-refractivity contribution in [2.75, 3.05) is 13.2 Å². The first-order valence-corrected chi connectivity index (χ1v) is 14.0. The average Bonchev–Trinajstić information content (AvgIpc) is 3.51. The summed E-state index contributed by atoms with van der Waals surface area (Å²) in [5.41, 5.74) is 9.12. The van der Waals surface area contributed by atoms with Gasteiger partial charge in [-0.1, -0.05) is 29.9 Å². The fourth-order valence-electron chi connectivity index (χ4n) is 4.69. The number of rotatable bonds is 8. The Balaban J connectivity index is 0.000000810. The molecule has 0 saturated heterocycles. The number of fused-ring (bicyclic) bond motifs is 1. The highest BCUT2D eigenvalue weighted by Crippen LogP contribution is 2.33. The normalized spacial score (nSPS) is 17.1. The molecule has 1 aliphatic carbocycles. The second-order valence-electron chi connectivity index (χ2n) is 11.3. The summed E-state index contributed by atoms with van der Waals surface area (Å²) in [6, 6.07) is 4.45. The Bertz CT molecular complexity index is 1250. The van der Waals surface area contributed by atoms with Crippen molar-refractivity contribution in [2.24, 2.45) is 5.73 Å². The zero-order valence-corrected chi connectivity index (χ0v) is 24.4. The summed E-state index contributed by atoms with van der Waals surface area (Å²) in [6.07, 6.45) is 14.5. The topological polar surface area (TPSA) is 119 Å². The molecule has 216 valence electrons. The van der Waals surface area contributed by atoms with Crippen molar-refractivity contribution in [1.29, 1.82) is 0 Å². The van der Waals surface area contributed by atoms with E-state index >= 15 is 0 Å². The predicted molar refractivity (Wildman–Crippen MR) is 157 cm³/mol. The van der Waals surface area contributed by atoms with Crippen molar-refractivity contribution in [1.82, 2.24) is 9.88 Å². The van der Waals surface area contributed by atoms with Gasteiger partial charge in [0.1, 0.15) is 11.5 Å². The predicted octanol–water partition coefficient (Wildman–Crippen LogP) is 5.95. The van der Waals surface area contributed by atoms with Crippen molar-refractivity contribution in [3.05, 3.63) is 76.5 Å². The summed E-state index contributed by atoms with van der Waals surface area (Å²) in [6.45, 7) is 10.4. The van der Waals surface area contributed by atoms with Crippen LogP contribution in [0.3, 0.4) is 0 Å². The van der Waals surface area contributed by atoms with E-state index in [9.17, 15) is 14.7 Å². The van der Waals surface area contributed by atoms with Crippen LogP contribution in [0.4, 0.5) is 0 Å². The lowest BCUT2D eigenvalue weighted by molar-refractivity contribution is -0.149. The Labute approximate surface area is 237 Å². The van der Waals surface area contributed by atoms with Gasteiger partial charge in [-0.2, -0.15) is 0 Å². The highest BCUT2D eigenvalue weighted by atomic mass is 16.5. The molecule has 0 spiro atoms. The fourth-order valence-corrected chi connectivity index (χ4v) is 4.69. The van der Waals surface area contributed by atoms with Crippen molar-refractivity contribution >= 4 is 18.0 Å². The van der Waals surface area contributed by atoms with E-state index in [0.29, 0.717) is 43.2 Å². The van der Waals surface area contributed by atoms with Crippen LogP contribution < -0.4 is 10.5 Å². The fraction of sp³-hybridized carbons (Fsp3) is 0.469. The molecular weight excluding hydrogens is 506 g/mol. The van der Waals surface area contributed by atoms with Gasteiger partial charge in [-0.25, -0.2) is 9.78 Å². The van der Waals surface area contributed by atoms with E-state index in [-0.39, 0.29) is 11.4 Å². The van der Waals surface area contributed by atoms with Gasteiger partial charge in [-0.15, -0.1) is 0 Å². The Morgan fingerprint density at radius 2 is 1.90 bits per heavy atom. The molecule has 8 nitrogen and oxygen atoms in total. The molecule has 1 aromatic carbocycles. The number of hydrogen-bond acceptors (Lipinski definition) is 6. The smallest absolute Gasteiger partial charge is 0.331 e. The number of benzene rings is 1. The molecule has 4 rings (SSSR count). The lowest BCUT2D eigenvalue weighted by Gasteiger charge is -2.34. The molecule has 8 heteroatoms. The van der Waals surface area contributed by atoms with Gasteiger partial charge in [0, 0.05) is 24.6 Å². The third-order valence-electron chi connectivity index (χ3n) is 6.50. The number of nitrogens with zero attached hydrogens (tertiary/aromatic N) is 2. The van der Waals surface area contributed by atoms with Crippen LogP contribution >= 0.6 is 0 Å². The highest BCUT2D eigenvalue weighted by molar-refractivity contribution is 5.92. The van der Waals surface area contributed by atoms with Gasteiger partial charge in [-0.05, 0) is 96.1 Å². The summed E-state index contributed by atoms with van der Waals surface area (Å²) >= 11 is 0. The first-order chi connectivity index (χ1) is 19.0. The third kappa shape index (κ3) is 9.23. The third-order valence-corrected chi connectivity index (χ3v) is 6.50. The largest absolute Gasteiger partial charge is 0.493 e. The quantitative estimate of drug-likeness (QED) is 0.309. The minimum Gasteiger partial charge on any atom is -0.493 e. The number of carboxylic acids is 1. The number of aliphatic carboxylic acids is 1. The molecule has 1 fully saturated rings. The number of oxazole rings is 1. The summed E-state index contributed by atoms with van der Waals surface area (Å²) in [4.78, 5) is 30.8. The zero-order chi connectivity index (χ0) is 29.3. The lowest BCUT2D eigenvalue weighted by Crippen LogP contribution is -2.42. The number of ether oxygens (including phenoxy) is 1. The molecule has 1 amide bonds. The number of hydrogen-bond donors (Lipinski definition) is 2. The minimum atomic E-state index is -1.06. The van der Waals surface area contributed by atoms with Crippen molar-refractivity contribution in [3.8, 4) is 5.75 Å². The van der Waals surface area contributed by atoms with E-state index in [1.165, 1.54) is 29.4 Å². The van der Waals surface area contributed by atoms with Crippen LogP contribution in [0.2, 0.25) is 0 Å². The van der Waals surface area contributed by atoms with Gasteiger partial charge in [0.2, 0.25) is 11.8 Å². The van der Waals surface area contributed by atoms with Crippen LogP contribution in [0.1, 0.15) is 87.9 Å². The molecule has 1 saturated carbocycles. The molecule has 2 aliphatic rings. The Morgan fingerprint density at radius 1 is 1.20 bits per heavy atom. The molecule has 2 heterocycles. The van der Waals surface area contributed by atoms with Gasteiger partial charge < -0.3 is 24.9 Å². The van der Waals surface area contributed by atoms with Crippen LogP contribution in [0.5, 0.6) is 5.75 Å². The SMILES string of the molecule is CC(C)(C)N.CC=CC=CC(=O)N1CCc2ccc(OCCc3nc(C=C4CCCC4)oc3C)cc2C1C(=O)O. The Hall–Kier alpha value is -3.65. The van der Waals surface area contributed by atoms with Gasteiger partial charge in [0.25, 0.3) is 0 Å². The maximum Gasteiger partial charge on any atom is 0.331 e. The molecule has 2 aromatic rings. The molecule has 1 unspecified atom stereocenters. The van der Waals surface area contributed by atoms with Gasteiger partial charge in [-0.3, -0.25) is 4.79 Å². The van der Waals surface area contributed by atoms with E-state index in [1.54, 1.807) is 18.2 Å². The van der Waals surface area contributed by atoms with E-state index in [0.717, 1.165) is 29.9 Å². The molecule has 40 heavy (non-hydrogen) atoms. The second-order valence-corrected chi connectivity index (χ2v) is 11.3. The van der Waals surface area contributed by atoms with Crippen LogP contribution in [-0.2, 0) is 22.4 Å². The van der Waals surface area contributed by atoms with Crippen molar-refractivity contribution in [2.45, 2.75) is 84.7 Å². The standard InChI is InChI=1S/C28H32N2O5.C4H11N/c1-3-4-5-10-26(31)30-15-13-21-11-12-22(18-23(21)27(30)28(32)33)34-16-14-24-19(2)35-25(29-24)17-20-8-6-7-9-20;1-4(2,3)5/h3-5,10-12,17-18,27H,6-9,13-16H2,1-2H3,(H,32,33);5H2,1-3H3. The maximum atomic E-state index is 12.6. The number of carbonyl (C=O) groups is 2. The first-order valence-electron chi connectivity index (χ1n) is 14.0. The number of carbonyl (C=O) groups excluding carboxylic acids is 1. The molecule has 1 atom stereocenters. The van der Waals surface area contributed by atoms with Gasteiger partial charge in [0.05, 0.1) is 12.3 Å². The molecule has 1 aliphatic heterocycles. The van der Waals surface area contributed by atoms with E-state index in [4.69, 9.17) is 14.9 Å². The number of carboxylic acid groups (broad SMARTS) is 1. The highest BCUT2D eigenvalue weighted by Gasteiger charge is 2.35. The lowest BCUT2D eigenvalue weighted by atomic mass is 9.92. The average molecular weight is 550 g/mol. The van der Waals surface area contributed by atoms with Crippen LogP contribution in [0, 0.1) is 6.92 Å². The zero-order valence-electron chi connectivity index (χ0n) is 24.4. The summed E-state index contributed by atoms with van der Waals surface area (Å²) in [5.74, 6) is 0.634. The molecule has 1 aromatic heterocycles. The van der Waals surface area contributed by atoms with Crippen LogP contribution in [0.15, 0.2) is 52.5 Å². The number of aromatic nitrogens is 1. The van der Waals surface area contributed by atoms with Crippen molar-refractivity contribution in [3.63, 3.8) is 0 Å². The number of amides is 1. The summed E-state index contributed by atoms with van der Waals surface area (Å²) in [7, 11) is 0. The number of aryl methyl sites for hydroxylation is 1. The Morgan fingerprint density at radius 3 is 2.55 bits per heavy atom. The van der Waals surface area contributed by atoms with Crippen LogP contribution in [-0.4, -0.2) is 45.6 Å². The minimum absolute atomic E-state index is 0. The maximum absolute atomic E-state index is 12.6. The molecule has 0 bridgehead atoms. The first kappa shape index (κ1) is 30.9. The number of nitrogens with two attached hydrogens (primary N) is 1. The van der Waals surface area contributed by atoms with Crippen molar-refractivity contribution < 1.29 is 23.8 Å². The van der Waals surface area contributed by atoms with E-state index < -0.39 is 12.0 Å².